The molecule has 0 atom stereocenters. The number of imidazole rings is 1. The predicted octanol–water partition coefficient (Wildman–Crippen LogP) is 1.80. The fourth-order valence-corrected chi connectivity index (χ4v) is 3.39. The first-order chi connectivity index (χ1) is 11.0. The zero-order valence-corrected chi connectivity index (χ0v) is 12.3. The third-order valence-electron chi connectivity index (χ3n) is 3.38. The molecule has 2 aromatic heterocycles. The molecule has 3 N–H and O–H groups in total. The van der Waals surface area contributed by atoms with Crippen LogP contribution in [0.15, 0.2) is 56.9 Å². The summed E-state index contributed by atoms with van der Waals surface area (Å²) < 4.78 is 32.6. The van der Waals surface area contributed by atoms with Gasteiger partial charge in [0.2, 0.25) is 0 Å². The Morgan fingerprint density at radius 2 is 1.87 bits per heavy atom. The van der Waals surface area contributed by atoms with Gasteiger partial charge in [0.15, 0.2) is 12.0 Å². The Kier molecular flexibility index (Phi) is 2.78. The van der Waals surface area contributed by atoms with Crippen LogP contribution in [0.1, 0.15) is 0 Å². The second kappa shape index (κ2) is 4.71. The first kappa shape index (κ1) is 13.6. The molecule has 0 radical (unpaired) electrons. The molecule has 8 nitrogen and oxygen atoms in total. The summed E-state index contributed by atoms with van der Waals surface area (Å²) in [6, 6.07) is 9.14. The normalized spacial score (nSPS) is 12.0. The van der Waals surface area contributed by atoms with Crippen molar-refractivity contribution in [1.29, 1.82) is 0 Å². The zero-order valence-electron chi connectivity index (χ0n) is 11.5. The molecule has 0 unspecified atom stereocenters. The number of nitrogens with one attached hydrogen (secondary N) is 3. The maximum atomic E-state index is 12.5. The lowest BCUT2D eigenvalue weighted by Crippen LogP contribution is -2.12. The Morgan fingerprint density at radius 1 is 1.04 bits per heavy atom. The summed E-state index contributed by atoms with van der Waals surface area (Å²) in [6.07, 6.45) is 1.29. The van der Waals surface area contributed by atoms with Crippen molar-refractivity contribution in [3.8, 4) is 0 Å². The van der Waals surface area contributed by atoms with Crippen LogP contribution >= 0.6 is 0 Å². The molecule has 4 rings (SSSR count). The van der Waals surface area contributed by atoms with E-state index in [4.69, 9.17) is 4.42 Å². The van der Waals surface area contributed by atoms with Crippen molar-refractivity contribution in [3.63, 3.8) is 0 Å². The summed E-state index contributed by atoms with van der Waals surface area (Å²) in [5.74, 6) is 0. The number of rotatable bonds is 3. The molecule has 116 valence electrons. The van der Waals surface area contributed by atoms with Gasteiger partial charge in [-0.15, -0.1) is 0 Å². The molecule has 4 aromatic rings. The molecule has 2 aromatic carbocycles. The van der Waals surface area contributed by atoms with Crippen molar-refractivity contribution in [3.05, 3.63) is 53.3 Å². The number of H-pyrrole nitrogens is 2. The van der Waals surface area contributed by atoms with Crippen molar-refractivity contribution in [1.82, 2.24) is 15.0 Å². The Hall–Kier alpha value is -3.07. The number of sulfonamides is 1. The molecule has 0 spiro atoms. The van der Waals surface area contributed by atoms with E-state index < -0.39 is 15.7 Å². The van der Waals surface area contributed by atoms with Gasteiger partial charge in [-0.1, -0.05) is 0 Å². The lowest BCUT2D eigenvalue weighted by molar-refractivity contribution is 0.601. The second-order valence-corrected chi connectivity index (χ2v) is 6.61. The summed E-state index contributed by atoms with van der Waals surface area (Å²) in [6.45, 7) is 0. The minimum absolute atomic E-state index is 0.0397. The van der Waals surface area contributed by atoms with Crippen LogP contribution in [0.3, 0.4) is 0 Å². The van der Waals surface area contributed by atoms with E-state index in [2.05, 4.69) is 19.7 Å². The number of oxazole rings is 1. The maximum absolute atomic E-state index is 12.5. The van der Waals surface area contributed by atoms with E-state index in [1.807, 2.05) is 0 Å². The van der Waals surface area contributed by atoms with Crippen LogP contribution < -0.4 is 10.4 Å². The first-order valence-corrected chi connectivity index (χ1v) is 8.08. The number of hydrogen-bond donors (Lipinski definition) is 3. The predicted molar refractivity (Wildman–Crippen MR) is 83.7 cm³/mol. The smallest absolute Gasteiger partial charge is 0.323 e. The summed E-state index contributed by atoms with van der Waals surface area (Å²) >= 11 is 0. The number of aromatic nitrogens is 3. The van der Waals surface area contributed by atoms with Gasteiger partial charge in [0.25, 0.3) is 10.0 Å². The lowest BCUT2D eigenvalue weighted by Gasteiger charge is -2.08. The molecule has 0 aliphatic rings. The van der Waals surface area contributed by atoms with Gasteiger partial charge < -0.3 is 14.4 Å². The Morgan fingerprint density at radius 3 is 2.74 bits per heavy atom. The van der Waals surface area contributed by atoms with Gasteiger partial charge in [0, 0.05) is 6.07 Å². The third-order valence-corrected chi connectivity index (χ3v) is 4.76. The highest BCUT2D eigenvalue weighted by Crippen LogP contribution is 2.22. The SMILES string of the molecule is O=c1[nH]c2ccc(S(=O)(=O)Nc3ccc4ncoc4c3)cc2[nH]1. The van der Waals surface area contributed by atoms with E-state index in [9.17, 15) is 13.2 Å². The Bertz CT molecular complexity index is 1190. The molecular formula is C14H10N4O4S. The van der Waals surface area contributed by atoms with Gasteiger partial charge in [-0.05, 0) is 30.3 Å². The minimum Gasteiger partial charge on any atom is -0.443 e. The quantitative estimate of drug-likeness (QED) is 0.529. The fraction of sp³-hybridized carbons (Fsp3) is 0. The highest BCUT2D eigenvalue weighted by atomic mass is 32.2. The molecule has 0 bridgehead atoms. The second-order valence-electron chi connectivity index (χ2n) is 4.93. The van der Waals surface area contributed by atoms with Crippen LogP contribution in [0.25, 0.3) is 22.1 Å². The van der Waals surface area contributed by atoms with E-state index in [1.54, 1.807) is 18.2 Å². The van der Waals surface area contributed by atoms with Crippen molar-refractivity contribution < 1.29 is 12.8 Å². The van der Waals surface area contributed by atoms with Gasteiger partial charge in [-0.2, -0.15) is 0 Å². The molecule has 2 heterocycles. The van der Waals surface area contributed by atoms with Gasteiger partial charge >= 0.3 is 5.69 Å². The molecule has 0 fully saturated rings. The van der Waals surface area contributed by atoms with Gasteiger partial charge in [0.05, 0.1) is 21.6 Å². The van der Waals surface area contributed by atoms with Gasteiger partial charge in [-0.3, -0.25) is 4.72 Å². The van der Waals surface area contributed by atoms with Crippen LogP contribution in [0.5, 0.6) is 0 Å². The van der Waals surface area contributed by atoms with Crippen LogP contribution in [0.2, 0.25) is 0 Å². The number of benzene rings is 2. The average molecular weight is 330 g/mol. The van der Waals surface area contributed by atoms with E-state index in [-0.39, 0.29) is 4.90 Å². The minimum atomic E-state index is -3.80. The monoisotopic (exact) mass is 330 g/mol. The van der Waals surface area contributed by atoms with Crippen molar-refractivity contribution in [2.75, 3.05) is 4.72 Å². The lowest BCUT2D eigenvalue weighted by atomic mass is 10.3. The highest BCUT2D eigenvalue weighted by Gasteiger charge is 2.16. The van der Waals surface area contributed by atoms with Gasteiger partial charge in [-0.25, -0.2) is 18.2 Å². The Balaban J connectivity index is 1.74. The van der Waals surface area contributed by atoms with E-state index >= 15 is 0 Å². The van der Waals surface area contributed by atoms with Crippen molar-refractivity contribution in [2.45, 2.75) is 4.90 Å². The number of anilines is 1. The molecule has 0 saturated heterocycles. The largest absolute Gasteiger partial charge is 0.443 e. The first-order valence-electron chi connectivity index (χ1n) is 6.59. The maximum Gasteiger partial charge on any atom is 0.323 e. The molecule has 23 heavy (non-hydrogen) atoms. The third kappa shape index (κ3) is 2.36. The Labute approximate surface area is 129 Å². The van der Waals surface area contributed by atoms with E-state index in [1.165, 1.54) is 24.6 Å². The van der Waals surface area contributed by atoms with Gasteiger partial charge in [0.1, 0.15) is 5.52 Å². The average Bonchev–Trinajstić information content (AvgIpc) is 3.10. The van der Waals surface area contributed by atoms with E-state index in [0.717, 1.165) is 0 Å². The zero-order chi connectivity index (χ0) is 16.0. The number of fused-ring (bicyclic) bond motifs is 2. The fourth-order valence-electron chi connectivity index (χ4n) is 2.31. The molecule has 0 saturated carbocycles. The molecule has 0 amide bonds. The standard InChI is InChI=1S/C14H10N4O4S/c19-14-16-10-4-2-9(6-12(10)17-14)23(20,21)18-8-1-3-11-13(5-8)22-7-15-11/h1-7,18H,(H2,16,17,19). The van der Waals surface area contributed by atoms with E-state index in [0.29, 0.717) is 27.8 Å². The summed E-state index contributed by atoms with van der Waals surface area (Å²) in [7, 11) is -3.80. The summed E-state index contributed by atoms with van der Waals surface area (Å²) in [5, 5.41) is 0. The van der Waals surface area contributed by atoms with Crippen molar-refractivity contribution in [2.24, 2.45) is 0 Å². The topological polar surface area (TPSA) is 121 Å². The summed E-state index contributed by atoms with van der Waals surface area (Å²) in [5.41, 5.74) is 2.05. The van der Waals surface area contributed by atoms with Crippen LogP contribution in [-0.2, 0) is 10.0 Å². The molecular weight excluding hydrogens is 320 g/mol. The molecule has 9 heteroatoms. The van der Waals surface area contributed by atoms with Crippen LogP contribution in [0, 0.1) is 0 Å². The number of hydrogen-bond acceptors (Lipinski definition) is 5. The number of nitrogens with zero attached hydrogens (tertiary/aromatic N) is 1. The molecule has 0 aliphatic carbocycles. The summed E-state index contributed by atoms with van der Waals surface area (Å²) in [4.78, 5) is 20.3. The number of aromatic amines is 2. The highest BCUT2D eigenvalue weighted by molar-refractivity contribution is 7.92. The van der Waals surface area contributed by atoms with Crippen LogP contribution in [-0.4, -0.2) is 23.4 Å². The molecule has 0 aliphatic heterocycles. The van der Waals surface area contributed by atoms with Crippen molar-refractivity contribution >= 4 is 37.8 Å². The van der Waals surface area contributed by atoms with Crippen LogP contribution in [0.4, 0.5) is 5.69 Å².